The van der Waals surface area contributed by atoms with Crippen molar-refractivity contribution >= 4 is 32.7 Å². The maximum absolute atomic E-state index is 10.7. The lowest BCUT2D eigenvalue weighted by molar-refractivity contribution is -0.137. The van der Waals surface area contributed by atoms with Gasteiger partial charge in [-0.2, -0.15) is 0 Å². The van der Waals surface area contributed by atoms with E-state index in [0.717, 1.165) is 15.8 Å². The molecule has 1 aromatic heterocycles. The fourth-order valence-electron chi connectivity index (χ4n) is 1.40. The molecule has 0 aliphatic carbocycles. The van der Waals surface area contributed by atoms with Crippen LogP contribution in [0.5, 0.6) is 0 Å². The zero-order chi connectivity index (χ0) is 11.7. The molecule has 4 nitrogen and oxygen atoms in total. The number of benzene rings is 1. The predicted octanol–water partition coefficient (Wildman–Crippen LogP) is 2.49. The number of nitrogens with one attached hydrogen (secondary N) is 1. The van der Waals surface area contributed by atoms with Crippen LogP contribution in [-0.2, 0) is 4.79 Å². The molecule has 1 atom stereocenters. The number of carboxylic acid groups (broad SMARTS) is 1. The number of aryl methyl sites for hydroxylation is 1. The number of thiazole rings is 1. The topological polar surface area (TPSA) is 62.2 Å². The van der Waals surface area contributed by atoms with Gasteiger partial charge < -0.3 is 10.4 Å². The summed E-state index contributed by atoms with van der Waals surface area (Å²) in [5.74, 6) is -0.879. The van der Waals surface area contributed by atoms with E-state index in [1.807, 2.05) is 25.1 Å². The molecular weight excluding hydrogens is 224 g/mol. The van der Waals surface area contributed by atoms with Crippen LogP contribution >= 0.6 is 11.3 Å². The molecule has 2 aromatic rings. The van der Waals surface area contributed by atoms with Gasteiger partial charge in [0.1, 0.15) is 6.04 Å². The first-order valence-corrected chi connectivity index (χ1v) is 5.75. The van der Waals surface area contributed by atoms with Gasteiger partial charge in [-0.25, -0.2) is 4.98 Å². The molecule has 0 spiro atoms. The van der Waals surface area contributed by atoms with Crippen molar-refractivity contribution in [1.82, 2.24) is 4.98 Å². The van der Waals surface area contributed by atoms with Gasteiger partial charge in [-0.05, 0) is 25.5 Å². The Balaban J connectivity index is 2.33. The van der Waals surface area contributed by atoms with E-state index in [1.165, 1.54) is 11.3 Å². The van der Waals surface area contributed by atoms with Crippen LogP contribution in [0.2, 0.25) is 0 Å². The number of hydrogen-bond donors (Lipinski definition) is 2. The van der Waals surface area contributed by atoms with Gasteiger partial charge >= 0.3 is 5.97 Å². The highest BCUT2D eigenvalue weighted by Gasteiger charge is 2.13. The highest BCUT2D eigenvalue weighted by molar-refractivity contribution is 7.22. The van der Waals surface area contributed by atoms with Gasteiger partial charge in [0, 0.05) is 0 Å². The maximum Gasteiger partial charge on any atom is 0.325 e. The SMILES string of the molecule is Cc1cccc2nc(N[C@@H](C)C(=O)O)sc12. The van der Waals surface area contributed by atoms with Gasteiger partial charge in [0.15, 0.2) is 5.13 Å². The molecule has 0 radical (unpaired) electrons. The van der Waals surface area contributed by atoms with Crippen LogP contribution in [0.1, 0.15) is 12.5 Å². The minimum Gasteiger partial charge on any atom is -0.480 e. The van der Waals surface area contributed by atoms with E-state index in [2.05, 4.69) is 10.3 Å². The van der Waals surface area contributed by atoms with Crippen LogP contribution in [0.3, 0.4) is 0 Å². The van der Waals surface area contributed by atoms with Crippen molar-refractivity contribution in [1.29, 1.82) is 0 Å². The number of carbonyl (C=O) groups is 1. The Morgan fingerprint density at radius 1 is 1.56 bits per heavy atom. The molecule has 0 saturated carbocycles. The van der Waals surface area contributed by atoms with Crippen LogP contribution in [0.25, 0.3) is 10.2 Å². The highest BCUT2D eigenvalue weighted by atomic mass is 32.1. The summed E-state index contributed by atoms with van der Waals surface area (Å²) in [4.78, 5) is 15.0. The van der Waals surface area contributed by atoms with E-state index >= 15 is 0 Å². The first-order chi connectivity index (χ1) is 7.58. The number of anilines is 1. The summed E-state index contributed by atoms with van der Waals surface area (Å²) in [5, 5.41) is 12.3. The molecule has 2 N–H and O–H groups in total. The third-order valence-corrected chi connectivity index (χ3v) is 3.46. The summed E-state index contributed by atoms with van der Waals surface area (Å²) in [6, 6.07) is 5.27. The van der Waals surface area contributed by atoms with Gasteiger partial charge in [0.25, 0.3) is 0 Å². The van der Waals surface area contributed by atoms with Crippen molar-refractivity contribution in [3.8, 4) is 0 Å². The summed E-state index contributed by atoms with van der Waals surface area (Å²) >= 11 is 1.48. The van der Waals surface area contributed by atoms with Gasteiger partial charge in [0.2, 0.25) is 0 Å². The van der Waals surface area contributed by atoms with Gasteiger partial charge in [-0.1, -0.05) is 23.5 Å². The van der Waals surface area contributed by atoms with Crippen LogP contribution in [0.4, 0.5) is 5.13 Å². The fraction of sp³-hybridized carbons (Fsp3) is 0.273. The molecule has 0 fully saturated rings. The van der Waals surface area contributed by atoms with Crippen molar-refractivity contribution in [3.05, 3.63) is 23.8 Å². The third-order valence-electron chi connectivity index (χ3n) is 2.32. The fourth-order valence-corrected chi connectivity index (χ4v) is 2.42. The predicted molar refractivity (Wildman–Crippen MR) is 65.1 cm³/mol. The van der Waals surface area contributed by atoms with Crippen LogP contribution in [0, 0.1) is 6.92 Å². The Morgan fingerprint density at radius 2 is 2.31 bits per heavy atom. The Hall–Kier alpha value is -1.62. The van der Waals surface area contributed by atoms with E-state index in [9.17, 15) is 4.79 Å². The standard InChI is InChI=1S/C11H12N2O2S/c1-6-4-3-5-8-9(6)16-11(13-8)12-7(2)10(14)15/h3-5,7H,1-2H3,(H,12,13)(H,14,15)/t7-/m0/s1. The smallest absolute Gasteiger partial charge is 0.325 e. The molecule has 2 rings (SSSR count). The molecular formula is C11H12N2O2S. The summed E-state index contributed by atoms with van der Waals surface area (Å²) in [6.45, 7) is 3.62. The number of carboxylic acids is 1. The summed E-state index contributed by atoms with van der Waals surface area (Å²) in [7, 11) is 0. The van der Waals surface area contributed by atoms with E-state index in [-0.39, 0.29) is 0 Å². The molecule has 0 unspecified atom stereocenters. The van der Waals surface area contributed by atoms with Crippen molar-refractivity contribution < 1.29 is 9.90 Å². The molecule has 0 bridgehead atoms. The Kier molecular flexibility index (Phi) is 2.78. The Bertz CT molecular complexity index is 536. The van der Waals surface area contributed by atoms with E-state index in [0.29, 0.717) is 5.13 Å². The molecule has 0 aliphatic rings. The lowest BCUT2D eigenvalue weighted by Gasteiger charge is -2.05. The molecule has 0 saturated heterocycles. The van der Waals surface area contributed by atoms with Crippen molar-refractivity contribution in [2.24, 2.45) is 0 Å². The lowest BCUT2D eigenvalue weighted by atomic mass is 10.2. The normalized spacial score (nSPS) is 12.6. The number of rotatable bonds is 3. The quantitative estimate of drug-likeness (QED) is 0.859. The molecule has 1 heterocycles. The highest BCUT2D eigenvalue weighted by Crippen LogP contribution is 2.28. The van der Waals surface area contributed by atoms with Crippen molar-refractivity contribution in [2.45, 2.75) is 19.9 Å². The molecule has 84 valence electrons. The maximum atomic E-state index is 10.7. The van der Waals surface area contributed by atoms with E-state index < -0.39 is 12.0 Å². The molecule has 5 heteroatoms. The number of fused-ring (bicyclic) bond motifs is 1. The number of nitrogens with zero attached hydrogens (tertiary/aromatic N) is 1. The second-order valence-corrected chi connectivity index (χ2v) is 4.65. The molecule has 16 heavy (non-hydrogen) atoms. The first kappa shape index (κ1) is 10.9. The largest absolute Gasteiger partial charge is 0.480 e. The van der Waals surface area contributed by atoms with Gasteiger partial charge in [0.05, 0.1) is 10.2 Å². The molecule has 0 amide bonds. The van der Waals surface area contributed by atoms with Crippen molar-refractivity contribution in [2.75, 3.05) is 5.32 Å². The lowest BCUT2D eigenvalue weighted by Crippen LogP contribution is -2.25. The van der Waals surface area contributed by atoms with Crippen LogP contribution in [-0.4, -0.2) is 22.1 Å². The van der Waals surface area contributed by atoms with E-state index in [1.54, 1.807) is 6.92 Å². The summed E-state index contributed by atoms with van der Waals surface area (Å²) in [6.07, 6.45) is 0. The zero-order valence-electron chi connectivity index (χ0n) is 9.02. The Labute approximate surface area is 96.9 Å². The summed E-state index contributed by atoms with van der Waals surface area (Å²) in [5.41, 5.74) is 2.07. The Morgan fingerprint density at radius 3 is 2.94 bits per heavy atom. The van der Waals surface area contributed by atoms with Crippen molar-refractivity contribution in [3.63, 3.8) is 0 Å². The second-order valence-electron chi connectivity index (χ2n) is 3.65. The second kappa shape index (κ2) is 4.09. The molecule has 1 aromatic carbocycles. The zero-order valence-corrected chi connectivity index (χ0v) is 9.84. The number of aromatic nitrogens is 1. The minimum atomic E-state index is -0.879. The number of hydrogen-bond acceptors (Lipinski definition) is 4. The third kappa shape index (κ3) is 1.99. The average Bonchev–Trinajstić information content (AvgIpc) is 2.61. The molecule has 0 aliphatic heterocycles. The van der Waals surface area contributed by atoms with Crippen LogP contribution in [0.15, 0.2) is 18.2 Å². The summed E-state index contributed by atoms with van der Waals surface area (Å²) < 4.78 is 1.10. The van der Waals surface area contributed by atoms with Gasteiger partial charge in [-0.3, -0.25) is 4.79 Å². The van der Waals surface area contributed by atoms with Gasteiger partial charge in [-0.15, -0.1) is 0 Å². The minimum absolute atomic E-state index is 0.624. The van der Waals surface area contributed by atoms with E-state index in [4.69, 9.17) is 5.11 Å². The van der Waals surface area contributed by atoms with Crippen LogP contribution < -0.4 is 5.32 Å². The number of aliphatic carboxylic acids is 1. The first-order valence-electron chi connectivity index (χ1n) is 4.93. The average molecular weight is 236 g/mol. The monoisotopic (exact) mass is 236 g/mol.